The summed E-state index contributed by atoms with van der Waals surface area (Å²) >= 11 is 0. The van der Waals surface area contributed by atoms with Crippen molar-refractivity contribution in [1.29, 1.82) is 0 Å². The van der Waals surface area contributed by atoms with Gasteiger partial charge in [-0.3, -0.25) is 25.0 Å². The van der Waals surface area contributed by atoms with Gasteiger partial charge in [0.05, 0.1) is 28.1 Å². The van der Waals surface area contributed by atoms with Crippen LogP contribution in [0.25, 0.3) is 0 Å². The number of nitrogens with zero attached hydrogens (tertiary/aromatic N) is 2. The standard InChI is InChI=1S/C12H15N3O6/c1-7(6-21-3)13-12(16)10-4-9(14(17)18)5-11(8(10)2)15(19)20/h4-5,7H,6H2,1-3H3,(H,13,16). The Bertz CT molecular complexity index is 587. The Morgan fingerprint density at radius 2 is 1.95 bits per heavy atom. The van der Waals surface area contributed by atoms with Gasteiger partial charge in [-0.1, -0.05) is 0 Å². The summed E-state index contributed by atoms with van der Waals surface area (Å²) in [5.74, 6) is -0.621. The molecule has 21 heavy (non-hydrogen) atoms. The molecule has 0 aliphatic rings. The highest BCUT2D eigenvalue weighted by Crippen LogP contribution is 2.27. The Labute approximate surface area is 120 Å². The van der Waals surface area contributed by atoms with Crippen molar-refractivity contribution < 1.29 is 19.4 Å². The van der Waals surface area contributed by atoms with Crippen LogP contribution in [0.3, 0.4) is 0 Å². The molecule has 0 bridgehead atoms. The third kappa shape index (κ3) is 3.96. The molecule has 1 aromatic carbocycles. The summed E-state index contributed by atoms with van der Waals surface area (Å²) in [5.41, 5.74) is -0.989. The zero-order valence-corrected chi connectivity index (χ0v) is 11.8. The van der Waals surface area contributed by atoms with Crippen LogP contribution in [0, 0.1) is 27.2 Å². The molecule has 0 aliphatic heterocycles. The normalized spacial score (nSPS) is 11.8. The molecular formula is C12H15N3O6. The minimum atomic E-state index is -0.776. The molecule has 9 heteroatoms. The van der Waals surface area contributed by atoms with Crippen molar-refractivity contribution in [3.8, 4) is 0 Å². The summed E-state index contributed by atoms with van der Waals surface area (Å²) in [5, 5.41) is 24.3. The molecule has 1 aromatic rings. The second-order valence-electron chi connectivity index (χ2n) is 4.48. The average Bonchev–Trinajstić information content (AvgIpc) is 2.38. The van der Waals surface area contributed by atoms with Gasteiger partial charge in [0.15, 0.2) is 0 Å². The number of benzene rings is 1. The van der Waals surface area contributed by atoms with Gasteiger partial charge in [0.1, 0.15) is 0 Å². The zero-order valence-electron chi connectivity index (χ0n) is 11.8. The lowest BCUT2D eigenvalue weighted by molar-refractivity contribution is -0.394. The van der Waals surface area contributed by atoms with Crippen molar-refractivity contribution >= 4 is 17.3 Å². The maximum atomic E-state index is 12.1. The highest BCUT2D eigenvalue weighted by atomic mass is 16.6. The average molecular weight is 297 g/mol. The largest absolute Gasteiger partial charge is 0.383 e. The molecule has 1 atom stereocenters. The van der Waals surface area contributed by atoms with E-state index in [4.69, 9.17) is 4.74 Å². The number of ether oxygens (including phenoxy) is 1. The molecular weight excluding hydrogens is 282 g/mol. The summed E-state index contributed by atoms with van der Waals surface area (Å²) in [7, 11) is 1.46. The predicted octanol–water partition coefficient (Wildman–Crippen LogP) is 1.58. The van der Waals surface area contributed by atoms with Crippen molar-refractivity contribution in [1.82, 2.24) is 5.32 Å². The van der Waals surface area contributed by atoms with Gasteiger partial charge in [0.25, 0.3) is 17.3 Å². The number of nitro benzene ring substituents is 2. The molecule has 0 saturated carbocycles. The lowest BCUT2D eigenvalue weighted by atomic mass is 10.0. The van der Waals surface area contributed by atoms with Crippen LogP contribution in [0.4, 0.5) is 11.4 Å². The quantitative estimate of drug-likeness (QED) is 0.627. The van der Waals surface area contributed by atoms with E-state index in [2.05, 4.69) is 5.32 Å². The SMILES string of the molecule is COCC(C)NC(=O)c1cc([N+](=O)[O-])cc([N+](=O)[O-])c1C. The number of non-ortho nitro benzene ring substituents is 1. The van der Waals surface area contributed by atoms with Crippen LogP contribution in [0.1, 0.15) is 22.8 Å². The molecule has 0 spiro atoms. The van der Waals surface area contributed by atoms with Crippen LogP contribution in [-0.4, -0.2) is 35.5 Å². The molecule has 0 aliphatic carbocycles. The second-order valence-corrected chi connectivity index (χ2v) is 4.48. The van der Waals surface area contributed by atoms with E-state index in [-0.39, 0.29) is 23.8 Å². The molecule has 0 fully saturated rings. The van der Waals surface area contributed by atoms with Crippen LogP contribution in [0.15, 0.2) is 12.1 Å². The molecule has 1 rings (SSSR count). The summed E-state index contributed by atoms with van der Waals surface area (Å²) in [4.78, 5) is 32.3. The Balaban J connectivity index is 3.24. The predicted molar refractivity (Wildman–Crippen MR) is 73.3 cm³/mol. The monoisotopic (exact) mass is 297 g/mol. The van der Waals surface area contributed by atoms with Crippen LogP contribution in [0.5, 0.6) is 0 Å². The molecule has 0 heterocycles. The first-order valence-electron chi connectivity index (χ1n) is 6.01. The summed E-state index contributed by atoms with van der Waals surface area (Å²) in [6, 6.07) is 1.53. The van der Waals surface area contributed by atoms with Crippen molar-refractivity contribution in [2.45, 2.75) is 19.9 Å². The van der Waals surface area contributed by atoms with Crippen molar-refractivity contribution in [2.24, 2.45) is 0 Å². The number of nitrogens with one attached hydrogen (secondary N) is 1. The molecule has 1 unspecified atom stereocenters. The third-order valence-electron chi connectivity index (χ3n) is 2.81. The van der Waals surface area contributed by atoms with Gasteiger partial charge >= 0.3 is 0 Å². The minimum absolute atomic E-state index is 0.0766. The number of methoxy groups -OCH3 is 1. The van der Waals surface area contributed by atoms with E-state index in [1.165, 1.54) is 14.0 Å². The first-order chi connectivity index (χ1) is 9.77. The lowest BCUT2D eigenvalue weighted by Gasteiger charge is -2.13. The van der Waals surface area contributed by atoms with E-state index < -0.39 is 27.1 Å². The maximum absolute atomic E-state index is 12.1. The van der Waals surface area contributed by atoms with Crippen LogP contribution in [-0.2, 0) is 4.74 Å². The number of nitro groups is 2. The molecule has 9 nitrogen and oxygen atoms in total. The van der Waals surface area contributed by atoms with Crippen LogP contribution < -0.4 is 5.32 Å². The fraction of sp³-hybridized carbons (Fsp3) is 0.417. The van der Waals surface area contributed by atoms with Crippen molar-refractivity contribution in [2.75, 3.05) is 13.7 Å². The lowest BCUT2D eigenvalue weighted by Crippen LogP contribution is -2.36. The van der Waals surface area contributed by atoms with E-state index >= 15 is 0 Å². The topological polar surface area (TPSA) is 125 Å². The van der Waals surface area contributed by atoms with E-state index in [0.717, 1.165) is 12.1 Å². The highest BCUT2D eigenvalue weighted by Gasteiger charge is 2.25. The first kappa shape index (κ1) is 16.5. The number of carbonyl (C=O) groups excluding carboxylic acids is 1. The Morgan fingerprint density at radius 1 is 1.33 bits per heavy atom. The maximum Gasteiger partial charge on any atom is 0.279 e. The number of carbonyl (C=O) groups is 1. The van der Waals surface area contributed by atoms with Crippen molar-refractivity contribution in [3.05, 3.63) is 43.5 Å². The fourth-order valence-electron chi connectivity index (χ4n) is 1.81. The van der Waals surface area contributed by atoms with E-state index in [9.17, 15) is 25.0 Å². The zero-order chi connectivity index (χ0) is 16.2. The Kier molecular flexibility index (Phi) is 5.30. The van der Waals surface area contributed by atoms with Gasteiger partial charge in [-0.05, 0) is 13.8 Å². The minimum Gasteiger partial charge on any atom is -0.383 e. The number of amides is 1. The van der Waals surface area contributed by atoms with Gasteiger partial charge in [-0.25, -0.2) is 0 Å². The van der Waals surface area contributed by atoms with Crippen molar-refractivity contribution in [3.63, 3.8) is 0 Å². The van der Waals surface area contributed by atoms with Gasteiger partial charge in [0, 0.05) is 24.8 Å². The third-order valence-corrected chi connectivity index (χ3v) is 2.81. The van der Waals surface area contributed by atoms with E-state index in [1.54, 1.807) is 6.92 Å². The number of rotatable bonds is 6. The van der Waals surface area contributed by atoms with Gasteiger partial charge in [-0.2, -0.15) is 0 Å². The van der Waals surface area contributed by atoms with E-state index in [1.807, 2.05) is 0 Å². The van der Waals surface area contributed by atoms with Crippen LogP contribution in [0.2, 0.25) is 0 Å². The fourth-order valence-corrected chi connectivity index (χ4v) is 1.81. The number of hydrogen-bond donors (Lipinski definition) is 1. The highest BCUT2D eigenvalue weighted by molar-refractivity contribution is 5.97. The second kappa shape index (κ2) is 6.75. The first-order valence-corrected chi connectivity index (χ1v) is 6.01. The number of hydrogen-bond acceptors (Lipinski definition) is 6. The van der Waals surface area contributed by atoms with E-state index in [0.29, 0.717) is 0 Å². The van der Waals surface area contributed by atoms with Gasteiger partial charge < -0.3 is 10.1 Å². The molecule has 0 saturated heterocycles. The molecule has 1 N–H and O–H groups in total. The smallest absolute Gasteiger partial charge is 0.279 e. The van der Waals surface area contributed by atoms with Gasteiger partial charge in [0.2, 0.25) is 0 Å². The molecule has 114 valence electrons. The summed E-state index contributed by atoms with van der Waals surface area (Å²) in [6.07, 6.45) is 0. The summed E-state index contributed by atoms with van der Waals surface area (Å²) < 4.78 is 4.86. The summed E-state index contributed by atoms with van der Waals surface area (Å²) in [6.45, 7) is 3.31. The molecule has 0 aromatic heterocycles. The van der Waals surface area contributed by atoms with Crippen LogP contribution >= 0.6 is 0 Å². The Morgan fingerprint density at radius 3 is 2.43 bits per heavy atom. The van der Waals surface area contributed by atoms with Gasteiger partial charge in [-0.15, -0.1) is 0 Å². The molecule has 0 radical (unpaired) electrons. The molecule has 1 amide bonds. The Hall–Kier alpha value is -2.55.